The first-order chi connectivity index (χ1) is 9.30. The number of carbonyl (C=O) groups is 1. The Kier molecular flexibility index (Phi) is 3.61. The lowest BCUT2D eigenvalue weighted by Crippen LogP contribution is -2.41. The number of pyridine rings is 1. The van der Waals surface area contributed by atoms with Crippen molar-refractivity contribution in [3.05, 3.63) is 27.9 Å². The minimum absolute atomic E-state index is 0.0328. The van der Waals surface area contributed by atoms with Gasteiger partial charge >= 0.3 is 0 Å². The molecular weight excluding hydrogens is 260 g/mol. The van der Waals surface area contributed by atoms with Crippen molar-refractivity contribution in [1.82, 2.24) is 9.88 Å². The molecule has 1 aliphatic heterocycles. The molecule has 0 spiro atoms. The SMILES string of the molecule is CC1(C)CCN(C(=O)c2cc([N+](=O)[O-])cnc2N)CC1. The second kappa shape index (κ2) is 5.07. The lowest BCUT2D eigenvalue weighted by atomic mass is 9.82. The van der Waals surface area contributed by atoms with Gasteiger partial charge in [0.05, 0.1) is 10.5 Å². The highest BCUT2D eigenvalue weighted by atomic mass is 16.6. The van der Waals surface area contributed by atoms with Crippen molar-refractivity contribution < 1.29 is 9.72 Å². The molecule has 2 rings (SSSR count). The first kappa shape index (κ1) is 14.2. The first-order valence-corrected chi connectivity index (χ1v) is 6.49. The van der Waals surface area contributed by atoms with Crippen LogP contribution in [0.1, 0.15) is 37.0 Å². The topological polar surface area (TPSA) is 102 Å². The maximum absolute atomic E-state index is 12.4. The van der Waals surface area contributed by atoms with Gasteiger partial charge in [0.25, 0.3) is 11.6 Å². The summed E-state index contributed by atoms with van der Waals surface area (Å²) in [5, 5.41) is 10.7. The summed E-state index contributed by atoms with van der Waals surface area (Å²) in [5.74, 6) is -0.250. The van der Waals surface area contributed by atoms with E-state index in [1.807, 2.05) is 0 Å². The zero-order valence-electron chi connectivity index (χ0n) is 11.6. The van der Waals surface area contributed by atoms with Gasteiger partial charge in [-0.3, -0.25) is 14.9 Å². The van der Waals surface area contributed by atoms with Crippen molar-refractivity contribution in [3.63, 3.8) is 0 Å². The second-order valence-electron chi connectivity index (χ2n) is 5.84. The number of anilines is 1. The number of nitro groups is 1. The van der Waals surface area contributed by atoms with E-state index in [2.05, 4.69) is 18.8 Å². The molecule has 1 saturated heterocycles. The van der Waals surface area contributed by atoms with Crippen molar-refractivity contribution in [2.45, 2.75) is 26.7 Å². The fourth-order valence-corrected chi connectivity index (χ4v) is 2.22. The van der Waals surface area contributed by atoms with Crippen LogP contribution in [0.2, 0.25) is 0 Å². The minimum Gasteiger partial charge on any atom is -0.383 e. The molecule has 0 radical (unpaired) electrons. The summed E-state index contributed by atoms with van der Waals surface area (Å²) in [6, 6.07) is 1.20. The highest BCUT2D eigenvalue weighted by Crippen LogP contribution is 2.31. The van der Waals surface area contributed by atoms with Gasteiger partial charge in [0.2, 0.25) is 0 Å². The third-order valence-electron chi connectivity index (χ3n) is 3.75. The van der Waals surface area contributed by atoms with Gasteiger partial charge in [-0.25, -0.2) is 4.98 Å². The summed E-state index contributed by atoms with van der Waals surface area (Å²) in [6.45, 7) is 5.60. The number of hydrogen-bond acceptors (Lipinski definition) is 5. The van der Waals surface area contributed by atoms with Gasteiger partial charge in [0.15, 0.2) is 0 Å². The number of nitrogen functional groups attached to an aromatic ring is 1. The van der Waals surface area contributed by atoms with Crippen LogP contribution in [-0.4, -0.2) is 33.8 Å². The zero-order valence-corrected chi connectivity index (χ0v) is 11.6. The Hall–Kier alpha value is -2.18. The van der Waals surface area contributed by atoms with E-state index in [1.54, 1.807) is 4.90 Å². The normalized spacial score (nSPS) is 17.8. The first-order valence-electron chi connectivity index (χ1n) is 6.49. The number of likely N-dealkylation sites (tertiary alicyclic amines) is 1. The number of carbonyl (C=O) groups excluding carboxylic acids is 1. The van der Waals surface area contributed by atoms with Crippen LogP contribution in [-0.2, 0) is 0 Å². The van der Waals surface area contributed by atoms with E-state index in [4.69, 9.17) is 5.73 Å². The Balaban J connectivity index is 2.21. The predicted molar refractivity (Wildman–Crippen MR) is 74.2 cm³/mol. The van der Waals surface area contributed by atoms with Crippen LogP contribution in [0, 0.1) is 15.5 Å². The Bertz CT molecular complexity index is 547. The average molecular weight is 278 g/mol. The van der Waals surface area contributed by atoms with Crippen molar-refractivity contribution in [1.29, 1.82) is 0 Å². The second-order valence-corrected chi connectivity index (χ2v) is 5.84. The van der Waals surface area contributed by atoms with Crippen LogP contribution >= 0.6 is 0 Å². The van der Waals surface area contributed by atoms with E-state index in [-0.39, 0.29) is 28.4 Å². The van der Waals surface area contributed by atoms with Gasteiger partial charge in [-0.15, -0.1) is 0 Å². The van der Waals surface area contributed by atoms with Crippen molar-refractivity contribution >= 4 is 17.4 Å². The van der Waals surface area contributed by atoms with Gasteiger partial charge in [0.1, 0.15) is 12.0 Å². The van der Waals surface area contributed by atoms with Gasteiger partial charge in [-0.1, -0.05) is 13.8 Å². The summed E-state index contributed by atoms with van der Waals surface area (Å²) in [5.41, 5.74) is 5.78. The third kappa shape index (κ3) is 2.87. The lowest BCUT2D eigenvalue weighted by molar-refractivity contribution is -0.385. The number of hydrogen-bond donors (Lipinski definition) is 1. The molecule has 20 heavy (non-hydrogen) atoms. The fraction of sp³-hybridized carbons (Fsp3) is 0.538. The van der Waals surface area contributed by atoms with Gasteiger partial charge in [0, 0.05) is 19.2 Å². The van der Waals surface area contributed by atoms with E-state index < -0.39 is 4.92 Å². The Morgan fingerprint density at radius 3 is 2.60 bits per heavy atom. The van der Waals surface area contributed by atoms with Gasteiger partial charge in [-0.2, -0.15) is 0 Å². The van der Waals surface area contributed by atoms with Crippen LogP contribution in [0.4, 0.5) is 11.5 Å². The van der Waals surface area contributed by atoms with Gasteiger partial charge in [-0.05, 0) is 18.3 Å². The summed E-state index contributed by atoms with van der Waals surface area (Å²) >= 11 is 0. The average Bonchev–Trinajstić information content (AvgIpc) is 2.38. The molecule has 2 N–H and O–H groups in total. The Morgan fingerprint density at radius 2 is 2.05 bits per heavy atom. The third-order valence-corrected chi connectivity index (χ3v) is 3.75. The number of nitrogens with two attached hydrogens (primary N) is 1. The molecular formula is C13H18N4O3. The molecule has 1 amide bonds. The molecule has 2 heterocycles. The molecule has 7 nitrogen and oxygen atoms in total. The summed E-state index contributed by atoms with van der Waals surface area (Å²) in [7, 11) is 0. The Morgan fingerprint density at radius 1 is 1.45 bits per heavy atom. The summed E-state index contributed by atoms with van der Waals surface area (Å²) < 4.78 is 0. The molecule has 1 aromatic heterocycles. The van der Waals surface area contributed by atoms with E-state index in [1.165, 1.54) is 6.07 Å². The van der Waals surface area contributed by atoms with E-state index in [0.29, 0.717) is 13.1 Å². The highest BCUT2D eigenvalue weighted by molar-refractivity contribution is 5.98. The maximum Gasteiger partial charge on any atom is 0.288 e. The number of rotatable bonds is 2. The van der Waals surface area contributed by atoms with E-state index >= 15 is 0 Å². The molecule has 0 saturated carbocycles. The number of amides is 1. The van der Waals surface area contributed by atoms with Crippen LogP contribution in [0.15, 0.2) is 12.3 Å². The number of nitrogens with zero attached hydrogens (tertiary/aromatic N) is 3. The smallest absolute Gasteiger partial charge is 0.288 e. The van der Waals surface area contributed by atoms with Crippen molar-refractivity contribution in [2.24, 2.45) is 5.41 Å². The van der Waals surface area contributed by atoms with E-state index in [0.717, 1.165) is 19.0 Å². The van der Waals surface area contributed by atoms with Crippen LogP contribution in [0.5, 0.6) is 0 Å². The van der Waals surface area contributed by atoms with Crippen molar-refractivity contribution in [3.8, 4) is 0 Å². The van der Waals surface area contributed by atoms with E-state index in [9.17, 15) is 14.9 Å². The molecule has 0 aliphatic carbocycles. The maximum atomic E-state index is 12.4. The van der Waals surface area contributed by atoms with Gasteiger partial charge < -0.3 is 10.6 Å². The zero-order chi connectivity index (χ0) is 14.9. The molecule has 0 aromatic carbocycles. The van der Waals surface area contributed by atoms with Crippen LogP contribution in [0.3, 0.4) is 0 Å². The minimum atomic E-state index is -0.581. The lowest BCUT2D eigenvalue weighted by Gasteiger charge is -2.36. The largest absolute Gasteiger partial charge is 0.383 e. The monoisotopic (exact) mass is 278 g/mol. The highest BCUT2D eigenvalue weighted by Gasteiger charge is 2.29. The molecule has 0 atom stereocenters. The number of aromatic nitrogens is 1. The standard InChI is InChI=1S/C13H18N4O3/c1-13(2)3-5-16(6-4-13)12(18)10-7-9(17(19)20)8-15-11(10)14/h7-8H,3-6H2,1-2H3,(H2,14,15). The molecule has 7 heteroatoms. The predicted octanol–water partition coefficient (Wildman–Crippen LogP) is 1.83. The molecule has 0 bridgehead atoms. The fourth-order valence-electron chi connectivity index (χ4n) is 2.22. The Labute approximate surface area is 116 Å². The summed E-state index contributed by atoms with van der Waals surface area (Å²) in [4.78, 5) is 28.0. The molecule has 0 unspecified atom stereocenters. The van der Waals surface area contributed by atoms with Crippen LogP contribution in [0.25, 0.3) is 0 Å². The molecule has 1 fully saturated rings. The molecule has 108 valence electrons. The molecule has 1 aliphatic rings. The van der Waals surface area contributed by atoms with Crippen LogP contribution < -0.4 is 5.73 Å². The molecule has 1 aromatic rings. The summed E-state index contributed by atoms with van der Waals surface area (Å²) in [6.07, 6.45) is 2.87. The van der Waals surface area contributed by atoms with Crippen molar-refractivity contribution in [2.75, 3.05) is 18.8 Å². The number of piperidine rings is 1. The quantitative estimate of drug-likeness (QED) is 0.656.